The Balaban J connectivity index is 2.84. The lowest BCUT2D eigenvalue weighted by molar-refractivity contribution is 0.789. The molecule has 0 saturated heterocycles. The van der Waals surface area contributed by atoms with E-state index in [0.717, 1.165) is 22.9 Å². The van der Waals surface area contributed by atoms with Crippen LogP contribution in [0.1, 0.15) is 11.5 Å². The fraction of sp³-hybridized carbons (Fsp3) is 0.556. The van der Waals surface area contributed by atoms with Crippen molar-refractivity contribution in [3.05, 3.63) is 11.5 Å². The largest absolute Gasteiger partial charge is 0.373 e. The van der Waals surface area contributed by atoms with Crippen LogP contribution in [0.3, 0.4) is 0 Å². The van der Waals surface area contributed by atoms with E-state index in [4.69, 9.17) is 0 Å². The van der Waals surface area contributed by atoms with E-state index in [-0.39, 0.29) is 0 Å². The summed E-state index contributed by atoms with van der Waals surface area (Å²) in [7, 11) is 6.05. The maximum atomic E-state index is 4.36. The lowest BCUT2D eigenvalue weighted by Crippen LogP contribution is -2.10. The molecule has 0 radical (unpaired) electrons. The van der Waals surface area contributed by atoms with Crippen LogP contribution in [0.2, 0.25) is 0 Å². The molecule has 2 rings (SSSR count). The van der Waals surface area contributed by atoms with Gasteiger partial charge in [-0.3, -0.25) is 0 Å². The molecule has 0 spiro atoms. The normalized spacial score (nSPS) is 11.2. The van der Waals surface area contributed by atoms with Crippen LogP contribution in [0.15, 0.2) is 0 Å². The molecule has 0 aliphatic heterocycles. The highest BCUT2D eigenvalue weighted by molar-refractivity contribution is 5.71. The average molecular weight is 193 g/mol. The van der Waals surface area contributed by atoms with Crippen LogP contribution in [-0.2, 0) is 7.05 Å². The number of hydrogen-bond donors (Lipinski definition) is 0. The smallest absolute Gasteiger partial charge is 0.181 e. The van der Waals surface area contributed by atoms with Gasteiger partial charge in [-0.15, -0.1) is 9.73 Å². The van der Waals surface area contributed by atoms with Gasteiger partial charge in [0.05, 0.1) is 5.69 Å². The average Bonchev–Trinajstić information content (AvgIpc) is 2.51. The van der Waals surface area contributed by atoms with Gasteiger partial charge < -0.3 is 9.47 Å². The molecule has 0 aromatic carbocycles. The fourth-order valence-electron chi connectivity index (χ4n) is 1.74. The summed E-state index contributed by atoms with van der Waals surface area (Å²) in [6.07, 6.45) is 0. The monoisotopic (exact) mass is 193 g/mol. The first kappa shape index (κ1) is 9.05. The molecule has 5 heteroatoms. The first-order valence-corrected chi connectivity index (χ1v) is 4.58. The molecule has 0 aliphatic carbocycles. The van der Waals surface area contributed by atoms with E-state index in [1.807, 2.05) is 35.0 Å². The summed E-state index contributed by atoms with van der Waals surface area (Å²) < 4.78 is 3.75. The third-order valence-electron chi connectivity index (χ3n) is 2.48. The summed E-state index contributed by atoms with van der Waals surface area (Å²) >= 11 is 0. The summed E-state index contributed by atoms with van der Waals surface area (Å²) in [4.78, 5) is 2.07. The Labute approximate surface area is 82.9 Å². The van der Waals surface area contributed by atoms with Gasteiger partial charge in [0.1, 0.15) is 11.5 Å². The highest BCUT2D eigenvalue weighted by atomic mass is 15.5. The molecule has 14 heavy (non-hydrogen) atoms. The van der Waals surface area contributed by atoms with Crippen molar-refractivity contribution in [3.63, 3.8) is 0 Å². The van der Waals surface area contributed by atoms with Crippen molar-refractivity contribution in [1.29, 1.82) is 0 Å². The maximum Gasteiger partial charge on any atom is 0.181 e. The second-order valence-corrected chi connectivity index (χ2v) is 3.75. The van der Waals surface area contributed by atoms with Crippen LogP contribution in [0.5, 0.6) is 0 Å². The third-order valence-corrected chi connectivity index (χ3v) is 2.48. The van der Waals surface area contributed by atoms with Crippen LogP contribution in [0, 0.1) is 13.8 Å². The van der Waals surface area contributed by atoms with Gasteiger partial charge in [-0.2, -0.15) is 5.10 Å². The van der Waals surface area contributed by atoms with E-state index in [0.29, 0.717) is 0 Å². The second kappa shape index (κ2) is 2.73. The van der Waals surface area contributed by atoms with Crippen molar-refractivity contribution in [2.24, 2.45) is 7.05 Å². The molecule has 5 nitrogen and oxygen atoms in total. The summed E-state index contributed by atoms with van der Waals surface area (Å²) in [5, 5.41) is 8.68. The molecule has 0 bridgehead atoms. The van der Waals surface area contributed by atoms with Gasteiger partial charge in [0.25, 0.3) is 0 Å². The van der Waals surface area contributed by atoms with E-state index in [1.54, 1.807) is 4.63 Å². The molecule has 2 aromatic heterocycles. The van der Waals surface area contributed by atoms with Gasteiger partial charge in [0, 0.05) is 21.1 Å². The molecule has 0 unspecified atom stereocenters. The zero-order chi connectivity index (χ0) is 10.5. The summed E-state index contributed by atoms with van der Waals surface area (Å²) in [6.45, 7) is 3.97. The predicted molar refractivity (Wildman–Crippen MR) is 55.8 cm³/mol. The molecule has 0 atom stereocenters. The van der Waals surface area contributed by atoms with Crippen molar-refractivity contribution in [2.45, 2.75) is 13.8 Å². The van der Waals surface area contributed by atoms with Crippen LogP contribution in [-0.4, -0.2) is 33.5 Å². The van der Waals surface area contributed by atoms with Crippen molar-refractivity contribution in [3.8, 4) is 0 Å². The lowest BCUT2D eigenvalue weighted by Gasteiger charge is -2.11. The van der Waals surface area contributed by atoms with E-state index >= 15 is 0 Å². The van der Waals surface area contributed by atoms with Crippen LogP contribution in [0.25, 0.3) is 5.65 Å². The minimum absolute atomic E-state index is 0.968. The maximum absolute atomic E-state index is 4.36. The number of nitrogens with zero attached hydrogens (tertiary/aromatic N) is 5. The highest BCUT2D eigenvalue weighted by Gasteiger charge is 2.16. The van der Waals surface area contributed by atoms with Gasteiger partial charge in [-0.05, 0) is 13.8 Å². The Morgan fingerprint density at radius 3 is 2.36 bits per heavy atom. The predicted octanol–water partition coefficient (Wildman–Crippen LogP) is 0.751. The molecule has 2 heterocycles. The Morgan fingerprint density at radius 2 is 1.79 bits per heavy atom. The number of aryl methyl sites for hydroxylation is 3. The number of rotatable bonds is 1. The molecule has 2 aromatic rings. The van der Waals surface area contributed by atoms with Gasteiger partial charge in [0.2, 0.25) is 0 Å². The van der Waals surface area contributed by atoms with E-state index in [2.05, 4.69) is 19.7 Å². The summed E-state index contributed by atoms with van der Waals surface area (Å²) in [6, 6.07) is 0. The van der Waals surface area contributed by atoms with Gasteiger partial charge in [0.15, 0.2) is 5.65 Å². The first-order valence-electron chi connectivity index (χ1n) is 4.58. The minimum atomic E-state index is 0.968. The quantitative estimate of drug-likeness (QED) is 0.671. The zero-order valence-corrected chi connectivity index (χ0v) is 9.24. The second-order valence-electron chi connectivity index (χ2n) is 3.75. The molecule has 76 valence electrons. The molecule has 0 saturated carbocycles. The van der Waals surface area contributed by atoms with E-state index < -0.39 is 0 Å². The van der Waals surface area contributed by atoms with Gasteiger partial charge >= 0.3 is 0 Å². The number of hydrogen-bond acceptors (Lipinski definition) is 3. The minimum Gasteiger partial charge on any atom is -0.373 e. The Bertz CT molecular complexity index is 477. The van der Waals surface area contributed by atoms with Gasteiger partial charge in [-0.25, -0.2) is 0 Å². The van der Waals surface area contributed by atoms with Crippen molar-refractivity contribution in [2.75, 3.05) is 19.0 Å². The number of anilines is 1. The van der Waals surface area contributed by atoms with E-state index in [9.17, 15) is 0 Å². The SMILES string of the molecule is Cc1nn2nc(C)n(C)c2c1N(C)C. The Morgan fingerprint density at radius 1 is 1.14 bits per heavy atom. The Kier molecular flexibility index (Phi) is 1.77. The van der Waals surface area contributed by atoms with Gasteiger partial charge in [-0.1, -0.05) is 0 Å². The van der Waals surface area contributed by atoms with E-state index in [1.165, 1.54) is 0 Å². The van der Waals surface area contributed by atoms with Crippen molar-refractivity contribution >= 4 is 11.3 Å². The summed E-state index contributed by atoms with van der Waals surface area (Å²) in [5.74, 6) is 0.968. The molecular weight excluding hydrogens is 178 g/mol. The van der Waals surface area contributed by atoms with Crippen LogP contribution in [0.4, 0.5) is 5.69 Å². The topological polar surface area (TPSA) is 38.4 Å². The zero-order valence-electron chi connectivity index (χ0n) is 9.24. The summed E-state index contributed by atoms with van der Waals surface area (Å²) in [5.41, 5.74) is 3.19. The molecule has 0 amide bonds. The highest BCUT2D eigenvalue weighted by Crippen LogP contribution is 2.23. The van der Waals surface area contributed by atoms with Crippen LogP contribution < -0.4 is 4.90 Å². The lowest BCUT2D eigenvalue weighted by atomic mass is 10.3. The first-order chi connectivity index (χ1) is 6.52. The molecule has 0 aliphatic rings. The third kappa shape index (κ3) is 1.01. The standard InChI is InChI=1S/C9H15N5/c1-6-8(12(3)4)9-13(5)7(2)11-14(9)10-6/h1-5H3. The fourth-order valence-corrected chi connectivity index (χ4v) is 1.74. The van der Waals surface area contributed by atoms with Crippen LogP contribution >= 0.6 is 0 Å². The Hall–Kier alpha value is -1.52. The number of aromatic nitrogens is 4. The molecule has 0 fully saturated rings. The number of fused-ring (bicyclic) bond motifs is 1. The van der Waals surface area contributed by atoms with Crippen molar-refractivity contribution < 1.29 is 0 Å². The molecular formula is C9H15N5. The van der Waals surface area contributed by atoms with Crippen molar-refractivity contribution in [1.82, 2.24) is 19.4 Å². The molecule has 0 N–H and O–H groups in total.